The third-order valence-corrected chi connectivity index (χ3v) is 2.45. The topological polar surface area (TPSA) is 18.5 Å². The molecule has 0 radical (unpaired) electrons. The van der Waals surface area contributed by atoms with Gasteiger partial charge in [0.2, 0.25) is 0 Å². The van der Waals surface area contributed by atoms with E-state index >= 15 is 0 Å². The van der Waals surface area contributed by atoms with Gasteiger partial charge in [0, 0.05) is 19.6 Å². The standard InChI is InChI=1S/C15H19ClO2/c1-3-17-10-5-11-18-15-8-7-13(2)12-14(15)6-4-9-16/h7-8,12H,3,5,9-11H2,1-2H3. The van der Waals surface area contributed by atoms with Gasteiger partial charge < -0.3 is 9.47 Å². The van der Waals surface area contributed by atoms with Crippen molar-refractivity contribution >= 4 is 11.6 Å². The number of rotatable bonds is 6. The van der Waals surface area contributed by atoms with Gasteiger partial charge in [0.25, 0.3) is 0 Å². The lowest BCUT2D eigenvalue weighted by atomic mass is 10.1. The summed E-state index contributed by atoms with van der Waals surface area (Å²) in [5, 5.41) is 0. The van der Waals surface area contributed by atoms with E-state index < -0.39 is 0 Å². The first-order chi connectivity index (χ1) is 8.77. The molecule has 0 saturated carbocycles. The molecule has 0 unspecified atom stereocenters. The maximum Gasteiger partial charge on any atom is 0.134 e. The number of benzene rings is 1. The molecule has 0 aliphatic carbocycles. The summed E-state index contributed by atoms with van der Waals surface area (Å²) in [7, 11) is 0. The van der Waals surface area contributed by atoms with Crippen molar-refractivity contribution in [1.29, 1.82) is 0 Å². The molecule has 0 aliphatic rings. The first-order valence-electron chi connectivity index (χ1n) is 6.14. The highest BCUT2D eigenvalue weighted by atomic mass is 35.5. The van der Waals surface area contributed by atoms with Gasteiger partial charge in [0.05, 0.1) is 18.1 Å². The van der Waals surface area contributed by atoms with Gasteiger partial charge in [-0.3, -0.25) is 0 Å². The highest BCUT2D eigenvalue weighted by Crippen LogP contribution is 2.19. The molecule has 98 valence electrons. The first kappa shape index (κ1) is 14.9. The van der Waals surface area contributed by atoms with Crippen LogP contribution in [0.5, 0.6) is 5.75 Å². The van der Waals surface area contributed by atoms with E-state index in [1.807, 2.05) is 32.0 Å². The predicted molar refractivity (Wildman–Crippen MR) is 75.4 cm³/mol. The SMILES string of the molecule is CCOCCCOc1ccc(C)cc1C#CCCl. The van der Waals surface area contributed by atoms with Crippen LogP contribution in [0, 0.1) is 18.8 Å². The van der Waals surface area contributed by atoms with Crippen molar-refractivity contribution in [3.8, 4) is 17.6 Å². The van der Waals surface area contributed by atoms with Gasteiger partial charge in [-0.25, -0.2) is 0 Å². The number of alkyl halides is 1. The normalized spacial score (nSPS) is 9.72. The molecule has 1 aromatic carbocycles. The minimum absolute atomic E-state index is 0.331. The average molecular weight is 267 g/mol. The Bertz CT molecular complexity index is 418. The van der Waals surface area contributed by atoms with Gasteiger partial charge >= 0.3 is 0 Å². The van der Waals surface area contributed by atoms with Crippen LogP contribution in [0.2, 0.25) is 0 Å². The Labute approximate surface area is 114 Å². The zero-order valence-electron chi connectivity index (χ0n) is 11.0. The van der Waals surface area contributed by atoms with Gasteiger partial charge in [-0.05, 0) is 31.5 Å². The van der Waals surface area contributed by atoms with Crippen LogP contribution < -0.4 is 4.74 Å². The quantitative estimate of drug-likeness (QED) is 0.446. The Kier molecular flexibility index (Phi) is 7.32. The van der Waals surface area contributed by atoms with Crippen LogP contribution in [-0.2, 0) is 4.74 Å². The maximum atomic E-state index is 5.71. The molecule has 1 aromatic rings. The third-order valence-electron chi connectivity index (χ3n) is 2.32. The summed E-state index contributed by atoms with van der Waals surface area (Å²) < 4.78 is 11.0. The largest absolute Gasteiger partial charge is 0.492 e. The van der Waals surface area contributed by atoms with E-state index in [4.69, 9.17) is 21.1 Å². The number of ether oxygens (including phenoxy) is 2. The van der Waals surface area contributed by atoms with Crippen LogP contribution in [0.1, 0.15) is 24.5 Å². The summed E-state index contributed by atoms with van der Waals surface area (Å²) in [6.07, 6.45) is 0.879. The lowest BCUT2D eigenvalue weighted by Crippen LogP contribution is -2.04. The van der Waals surface area contributed by atoms with E-state index in [-0.39, 0.29) is 0 Å². The van der Waals surface area contributed by atoms with Gasteiger partial charge in [0.15, 0.2) is 0 Å². The summed E-state index contributed by atoms with van der Waals surface area (Å²) >= 11 is 5.57. The lowest BCUT2D eigenvalue weighted by molar-refractivity contribution is 0.131. The Morgan fingerprint density at radius 2 is 2.11 bits per heavy atom. The molecule has 0 amide bonds. The Balaban J connectivity index is 2.58. The molecular formula is C15H19ClO2. The van der Waals surface area contributed by atoms with Crippen molar-refractivity contribution in [3.63, 3.8) is 0 Å². The van der Waals surface area contributed by atoms with Gasteiger partial charge in [-0.2, -0.15) is 0 Å². The zero-order chi connectivity index (χ0) is 13.2. The smallest absolute Gasteiger partial charge is 0.134 e. The van der Waals surface area contributed by atoms with E-state index in [0.29, 0.717) is 12.5 Å². The Morgan fingerprint density at radius 3 is 2.83 bits per heavy atom. The second-order valence-corrected chi connectivity index (χ2v) is 4.10. The van der Waals surface area contributed by atoms with Crippen molar-refractivity contribution in [2.75, 3.05) is 25.7 Å². The van der Waals surface area contributed by atoms with E-state index in [1.165, 1.54) is 0 Å². The van der Waals surface area contributed by atoms with Gasteiger partial charge in [-0.15, -0.1) is 11.6 Å². The minimum atomic E-state index is 0.331. The Morgan fingerprint density at radius 1 is 1.28 bits per heavy atom. The molecule has 0 saturated heterocycles. The molecule has 3 heteroatoms. The lowest BCUT2D eigenvalue weighted by Gasteiger charge is -2.09. The van der Waals surface area contributed by atoms with Crippen molar-refractivity contribution < 1.29 is 9.47 Å². The molecule has 0 aliphatic heterocycles. The molecule has 0 heterocycles. The van der Waals surface area contributed by atoms with Crippen LogP contribution in [0.3, 0.4) is 0 Å². The third kappa shape index (κ3) is 5.44. The highest BCUT2D eigenvalue weighted by molar-refractivity contribution is 6.19. The number of hydrogen-bond acceptors (Lipinski definition) is 2. The molecule has 0 spiro atoms. The summed E-state index contributed by atoms with van der Waals surface area (Å²) in [6.45, 7) is 6.13. The predicted octanol–water partition coefficient (Wildman–Crippen LogP) is 3.39. The van der Waals surface area contributed by atoms with Crippen LogP contribution in [0.15, 0.2) is 18.2 Å². The van der Waals surface area contributed by atoms with Crippen LogP contribution in [0.4, 0.5) is 0 Å². The Hall–Kier alpha value is -1.17. The van der Waals surface area contributed by atoms with E-state index in [1.54, 1.807) is 0 Å². The number of aryl methyl sites for hydroxylation is 1. The van der Waals surface area contributed by atoms with E-state index in [0.717, 1.165) is 36.5 Å². The van der Waals surface area contributed by atoms with Crippen LogP contribution >= 0.6 is 11.6 Å². The molecule has 2 nitrogen and oxygen atoms in total. The van der Waals surface area contributed by atoms with Gasteiger partial charge in [-0.1, -0.05) is 17.9 Å². The fourth-order valence-electron chi connectivity index (χ4n) is 1.48. The fourth-order valence-corrected chi connectivity index (χ4v) is 1.55. The molecular weight excluding hydrogens is 248 g/mol. The molecule has 0 fully saturated rings. The zero-order valence-corrected chi connectivity index (χ0v) is 11.7. The average Bonchev–Trinajstić information content (AvgIpc) is 2.38. The second-order valence-electron chi connectivity index (χ2n) is 3.83. The molecule has 0 N–H and O–H groups in total. The molecule has 0 aromatic heterocycles. The highest BCUT2D eigenvalue weighted by Gasteiger charge is 2.01. The minimum Gasteiger partial charge on any atom is -0.492 e. The van der Waals surface area contributed by atoms with Crippen molar-refractivity contribution in [2.24, 2.45) is 0 Å². The van der Waals surface area contributed by atoms with Crippen LogP contribution in [-0.4, -0.2) is 25.7 Å². The van der Waals surface area contributed by atoms with Crippen molar-refractivity contribution in [3.05, 3.63) is 29.3 Å². The molecule has 0 bridgehead atoms. The molecule has 1 rings (SSSR count). The second kappa shape index (κ2) is 8.85. The van der Waals surface area contributed by atoms with E-state index in [2.05, 4.69) is 11.8 Å². The van der Waals surface area contributed by atoms with Crippen LogP contribution in [0.25, 0.3) is 0 Å². The van der Waals surface area contributed by atoms with Gasteiger partial charge in [0.1, 0.15) is 5.75 Å². The maximum absolute atomic E-state index is 5.71. The summed E-state index contributed by atoms with van der Waals surface area (Å²) in [6, 6.07) is 5.98. The summed E-state index contributed by atoms with van der Waals surface area (Å²) in [5.41, 5.74) is 2.06. The monoisotopic (exact) mass is 266 g/mol. The number of halogens is 1. The number of hydrogen-bond donors (Lipinski definition) is 0. The van der Waals surface area contributed by atoms with Crippen molar-refractivity contribution in [2.45, 2.75) is 20.3 Å². The van der Waals surface area contributed by atoms with E-state index in [9.17, 15) is 0 Å². The molecule has 18 heavy (non-hydrogen) atoms. The summed E-state index contributed by atoms with van der Waals surface area (Å²) in [5.74, 6) is 7.02. The molecule has 0 atom stereocenters. The first-order valence-corrected chi connectivity index (χ1v) is 6.67. The fraction of sp³-hybridized carbons (Fsp3) is 0.467. The summed E-state index contributed by atoms with van der Waals surface area (Å²) in [4.78, 5) is 0. The van der Waals surface area contributed by atoms with Crippen molar-refractivity contribution in [1.82, 2.24) is 0 Å².